The van der Waals surface area contributed by atoms with Crippen molar-refractivity contribution >= 4 is 18.1 Å². The van der Waals surface area contributed by atoms with Crippen LogP contribution in [-0.4, -0.2) is 18.2 Å². The first-order valence-corrected chi connectivity index (χ1v) is 9.51. The topological polar surface area (TPSA) is 46.5 Å². The SMILES string of the molecule is COc1cc(C(=O)O)ccc1C=Cc1cc2c(cc1C)C1(C)CCC2(C)C1. The van der Waals surface area contributed by atoms with E-state index in [0.717, 1.165) is 5.56 Å². The van der Waals surface area contributed by atoms with Gasteiger partial charge in [0.25, 0.3) is 0 Å². The van der Waals surface area contributed by atoms with Crippen LogP contribution in [0.5, 0.6) is 5.75 Å². The molecule has 0 aliphatic heterocycles. The molecule has 2 bridgehead atoms. The molecule has 0 amide bonds. The summed E-state index contributed by atoms with van der Waals surface area (Å²) in [7, 11) is 1.57. The molecule has 0 radical (unpaired) electrons. The van der Waals surface area contributed by atoms with E-state index in [0.29, 0.717) is 16.6 Å². The van der Waals surface area contributed by atoms with Gasteiger partial charge in [0.05, 0.1) is 12.7 Å². The van der Waals surface area contributed by atoms with Crippen LogP contribution in [0.3, 0.4) is 0 Å². The fourth-order valence-corrected chi connectivity index (χ4v) is 5.11. The Bertz CT molecular complexity index is 972. The molecule has 2 aromatic carbocycles. The van der Waals surface area contributed by atoms with Crippen LogP contribution in [0.15, 0.2) is 30.3 Å². The molecule has 27 heavy (non-hydrogen) atoms. The highest BCUT2D eigenvalue weighted by Crippen LogP contribution is 2.60. The molecule has 0 aromatic heterocycles. The summed E-state index contributed by atoms with van der Waals surface area (Å²) in [5.41, 5.74) is 7.30. The van der Waals surface area contributed by atoms with Crippen LogP contribution < -0.4 is 4.74 Å². The molecule has 1 fully saturated rings. The van der Waals surface area contributed by atoms with E-state index in [1.807, 2.05) is 6.08 Å². The first kappa shape index (κ1) is 17.8. The first-order valence-electron chi connectivity index (χ1n) is 9.51. The van der Waals surface area contributed by atoms with Gasteiger partial charge in [-0.15, -0.1) is 0 Å². The van der Waals surface area contributed by atoms with E-state index < -0.39 is 5.97 Å². The number of methoxy groups -OCH3 is 1. The van der Waals surface area contributed by atoms with E-state index >= 15 is 0 Å². The van der Waals surface area contributed by atoms with E-state index in [9.17, 15) is 4.79 Å². The van der Waals surface area contributed by atoms with Gasteiger partial charge in [-0.05, 0) is 71.4 Å². The molecule has 3 heteroatoms. The number of hydrogen-bond donors (Lipinski definition) is 1. The Morgan fingerprint density at radius 3 is 2.30 bits per heavy atom. The molecule has 1 N–H and O–H groups in total. The zero-order valence-corrected chi connectivity index (χ0v) is 16.4. The highest BCUT2D eigenvalue weighted by Gasteiger charge is 2.52. The first-order chi connectivity index (χ1) is 12.8. The minimum Gasteiger partial charge on any atom is -0.496 e. The molecule has 0 spiro atoms. The van der Waals surface area contributed by atoms with Crippen molar-refractivity contribution in [3.63, 3.8) is 0 Å². The Morgan fingerprint density at radius 2 is 1.67 bits per heavy atom. The largest absolute Gasteiger partial charge is 0.496 e. The van der Waals surface area contributed by atoms with Gasteiger partial charge < -0.3 is 9.84 Å². The van der Waals surface area contributed by atoms with Gasteiger partial charge in [-0.2, -0.15) is 0 Å². The summed E-state index contributed by atoms with van der Waals surface area (Å²) < 4.78 is 5.38. The number of hydrogen-bond acceptors (Lipinski definition) is 2. The van der Waals surface area contributed by atoms with Gasteiger partial charge in [0, 0.05) is 5.56 Å². The van der Waals surface area contributed by atoms with E-state index in [-0.39, 0.29) is 5.56 Å². The summed E-state index contributed by atoms with van der Waals surface area (Å²) in [5, 5.41) is 9.15. The van der Waals surface area contributed by atoms with Crippen LogP contribution in [0.2, 0.25) is 0 Å². The number of carboxylic acids is 1. The minimum absolute atomic E-state index is 0.231. The van der Waals surface area contributed by atoms with E-state index in [2.05, 4.69) is 39.0 Å². The zero-order valence-electron chi connectivity index (χ0n) is 16.4. The molecule has 2 aliphatic carbocycles. The lowest BCUT2D eigenvalue weighted by atomic mass is 9.77. The molecular weight excluding hydrogens is 336 g/mol. The van der Waals surface area contributed by atoms with Gasteiger partial charge in [-0.3, -0.25) is 0 Å². The summed E-state index contributed by atoms with van der Waals surface area (Å²) in [5.74, 6) is -0.376. The van der Waals surface area contributed by atoms with Crippen molar-refractivity contribution < 1.29 is 14.6 Å². The minimum atomic E-state index is -0.949. The molecule has 2 atom stereocenters. The van der Waals surface area contributed by atoms with Gasteiger partial charge >= 0.3 is 5.97 Å². The number of aromatic carboxylic acids is 1. The van der Waals surface area contributed by atoms with Crippen molar-refractivity contribution in [3.05, 3.63) is 63.7 Å². The highest BCUT2D eigenvalue weighted by molar-refractivity contribution is 5.89. The second kappa shape index (κ2) is 5.98. The fraction of sp³-hybridized carbons (Fsp3) is 0.375. The number of carbonyl (C=O) groups is 1. The number of aryl methyl sites for hydroxylation is 1. The third-order valence-electron chi connectivity index (χ3n) is 6.64. The molecule has 2 aromatic rings. The molecular formula is C24H26O3. The predicted molar refractivity (Wildman–Crippen MR) is 109 cm³/mol. The van der Waals surface area contributed by atoms with Crippen molar-refractivity contribution in [2.45, 2.75) is 50.9 Å². The normalized spacial score (nSPS) is 25.8. The van der Waals surface area contributed by atoms with Gasteiger partial charge in [0.1, 0.15) is 5.75 Å². The van der Waals surface area contributed by atoms with E-state index in [1.165, 1.54) is 41.5 Å². The third-order valence-corrected chi connectivity index (χ3v) is 6.64. The van der Waals surface area contributed by atoms with Gasteiger partial charge in [0.2, 0.25) is 0 Å². The standard InChI is InChI=1S/C24H26O3/c1-15-11-19-20(24(3)10-9-23(19,2)14-24)12-17(15)7-5-16-6-8-18(22(25)26)13-21(16)27-4/h5-8,11-13H,9-10,14H2,1-4H3,(H,25,26). The summed E-state index contributed by atoms with van der Waals surface area (Å²) in [6.45, 7) is 6.98. The second-order valence-corrected chi connectivity index (χ2v) is 8.65. The molecule has 1 saturated carbocycles. The highest BCUT2D eigenvalue weighted by atomic mass is 16.5. The smallest absolute Gasteiger partial charge is 0.335 e. The van der Waals surface area contributed by atoms with Crippen molar-refractivity contribution in [1.29, 1.82) is 0 Å². The van der Waals surface area contributed by atoms with E-state index in [4.69, 9.17) is 9.84 Å². The molecule has 0 saturated heterocycles. The maximum atomic E-state index is 11.2. The molecule has 0 heterocycles. The lowest BCUT2D eigenvalue weighted by Gasteiger charge is -2.28. The van der Waals surface area contributed by atoms with Gasteiger partial charge in [0.15, 0.2) is 0 Å². The average Bonchev–Trinajstić information content (AvgIpc) is 3.06. The van der Waals surface area contributed by atoms with Crippen molar-refractivity contribution in [2.75, 3.05) is 7.11 Å². The van der Waals surface area contributed by atoms with Crippen LogP contribution in [0, 0.1) is 6.92 Å². The number of carboxylic acid groups (broad SMARTS) is 1. The number of benzene rings is 2. The summed E-state index contributed by atoms with van der Waals surface area (Å²) >= 11 is 0. The Morgan fingerprint density at radius 1 is 1.04 bits per heavy atom. The molecule has 2 unspecified atom stereocenters. The maximum Gasteiger partial charge on any atom is 0.335 e. The Kier molecular flexibility index (Phi) is 3.95. The number of ether oxygens (including phenoxy) is 1. The number of fused-ring (bicyclic) bond motifs is 5. The molecule has 140 valence electrons. The average molecular weight is 362 g/mol. The molecule has 2 aliphatic rings. The lowest BCUT2D eigenvalue weighted by molar-refractivity contribution is 0.0696. The second-order valence-electron chi connectivity index (χ2n) is 8.65. The van der Waals surface area contributed by atoms with Crippen LogP contribution in [0.25, 0.3) is 12.2 Å². The van der Waals surface area contributed by atoms with E-state index in [1.54, 1.807) is 25.3 Å². The van der Waals surface area contributed by atoms with Crippen molar-refractivity contribution in [3.8, 4) is 5.75 Å². The van der Waals surface area contributed by atoms with Crippen LogP contribution >= 0.6 is 0 Å². The Hall–Kier alpha value is -2.55. The number of rotatable bonds is 4. The van der Waals surface area contributed by atoms with Crippen LogP contribution in [-0.2, 0) is 10.8 Å². The summed E-state index contributed by atoms with van der Waals surface area (Å²) in [4.78, 5) is 11.2. The van der Waals surface area contributed by atoms with Crippen LogP contribution in [0.1, 0.15) is 71.3 Å². The Labute approximate surface area is 160 Å². The zero-order chi connectivity index (χ0) is 19.4. The Balaban J connectivity index is 1.72. The van der Waals surface area contributed by atoms with Crippen molar-refractivity contribution in [1.82, 2.24) is 0 Å². The molecule has 3 nitrogen and oxygen atoms in total. The van der Waals surface area contributed by atoms with Gasteiger partial charge in [-0.1, -0.05) is 44.2 Å². The summed E-state index contributed by atoms with van der Waals surface area (Å²) in [6.07, 6.45) is 7.94. The summed E-state index contributed by atoms with van der Waals surface area (Å²) in [6, 6.07) is 9.72. The van der Waals surface area contributed by atoms with Crippen LogP contribution in [0.4, 0.5) is 0 Å². The van der Waals surface area contributed by atoms with Crippen molar-refractivity contribution in [2.24, 2.45) is 0 Å². The quantitative estimate of drug-likeness (QED) is 0.722. The monoisotopic (exact) mass is 362 g/mol. The molecule has 4 rings (SSSR count). The lowest BCUT2D eigenvalue weighted by Crippen LogP contribution is -2.18. The predicted octanol–water partition coefficient (Wildman–Crippen LogP) is 5.59. The fourth-order valence-electron chi connectivity index (χ4n) is 5.11. The third kappa shape index (κ3) is 2.77. The maximum absolute atomic E-state index is 11.2. The van der Waals surface area contributed by atoms with Gasteiger partial charge in [-0.25, -0.2) is 4.79 Å².